The highest BCUT2D eigenvalue weighted by molar-refractivity contribution is 5.80. The fourth-order valence-corrected chi connectivity index (χ4v) is 3.49. The van der Waals surface area contributed by atoms with Crippen molar-refractivity contribution in [2.24, 2.45) is 10.9 Å². The van der Waals surface area contributed by atoms with Crippen molar-refractivity contribution in [3.8, 4) is 0 Å². The van der Waals surface area contributed by atoms with Gasteiger partial charge in [0, 0.05) is 57.8 Å². The van der Waals surface area contributed by atoms with E-state index in [1.54, 1.807) is 7.05 Å². The van der Waals surface area contributed by atoms with Crippen LogP contribution < -0.4 is 10.6 Å². The molecule has 0 unspecified atom stereocenters. The molecule has 0 aromatic rings. The SMILES string of the molecule is CN=C(NCCN1CCN(C(=O)C2CCCC2)CC1)NC(C)(C)C. The summed E-state index contributed by atoms with van der Waals surface area (Å²) in [5.41, 5.74) is 0.00801. The Balaban J connectivity index is 1.65. The summed E-state index contributed by atoms with van der Waals surface area (Å²) >= 11 is 0. The minimum atomic E-state index is 0.00801. The number of nitrogens with one attached hydrogen (secondary N) is 2. The molecule has 2 fully saturated rings. The highest BCUT2D eigenvalue weighted by Gasteiger charge is 2.29. The Bertz CT molecular complexity index is 429. The maximum Gasteiger partial charge on any atom is 0.225 e. The van der Waals surface area contributed by atoms with E-state index in [0.717, 1.165) is 58.1 Å². The molecule has 0 radical (unpaired) electrons. The summed E-state index contributed by atoms with van der Waals surface area (Å²) < 4.78 is 0. The average molecular weight is 338 g/mol. The van der Waals surface area contributed by atoms with E-state index >= 15 is 0 Å². The van der Waals surface area contributed by atoms with E-state index < -0.39 is 0 Å². The van der Waals surface area contributed by atoms with E-state index in [0.29, 0.717) is 11.8 Å². The molecule has 138 valence electrons. The first-order valence-corrected chi connectivity index (χ1v) is 9.39. The molecule has 2 aliphatic rings. The van der Waals surface area contributed by atoms with Gasteiger partial charge in [0.2, 0.25) is 5.91 Å². The molecule has 0 aromatic heterocycles. The van der Waals surface area contributed by atoms with E-state index in [4.69, 9.17) is 0 Å². The van der Waals surface area contributed by atoms with E-state index in [-0.39, 0.29) is 5.54 Å². The van der Waals surface area contributed by atoms with Crippen molar-refractivity contribution >= 4 is 11.9 Å². The number of hydrogen-bond donors (Lipinski definition) is 2. The van der Waals surface area contributed by atoms with Crippen molar-refractivity contribution in [3.63, 3.8) is 0 Å². The Morgan fingerprint density at radius 1 is 1.12 bits per heavy atom. The zero-order chi connectivity index (χ0) is 17.6. The van der Waals surface area contributed by atoms with E-state index in [9.17, 15) is 4.79 Å². The molecule has 1 heterocycles. The van der Waals surface area contributed by atoms with Gasteiger partial charge in [0.25, 0.3) is 0 Å². The van der Waals surface area contributed by atoms with Crippen molar-refractivity contribution < 1.29 is 4.79 Å². The van der Waals surface area contributed by atoms with Crippen LogP contribution in [0.1, 0.15) is 46.5 Å². The van der Waals surface area contributed by atoms with Crippen molar-refractivity contribution in [2.45, 2.75) is 52.0 Å². The third kappa shape index (κ3) is 5.96. The van der Waals surface area contributed by atoms with Gasteiger partial charge in [-0.1, -0.05) is 12.8 Å². The standard InChI is InChI=1S/C18H35N5O/c1-18(2,3)21-17(19-4)20-9-10-22-11-13-23(14-12-22)16(24)15-7-5-6-8-15/h15H,5-14H2,1-4H3,(H2,19,20,21). The van der Waals surface area contributed by atoms with Gasteiger partial charge in [0.05, 0.1) is 0 Å². The minimum absolute atomic E-state index is 0.00801. The normalized spacial score (nSPS) is 21.2. The van der Waals surface area contributed by atoms with E-state index in [2.05, 4.69) is 46.2 Å². The molecule has 0 atom stereocenters. The van der Waals surface area contributed by atoms with Crippen molar-refractivity contribution in [2.75, 3.05) is 46.3 Å². The summed E-state index contributed by atoms with van der Waals surface area (Å²) in [5, 5.41) is 6.73. The molecule has 1 amide bonds. The third-order valence-corrected chi connectivity index (χ3v) is 4.83. The Kier molecular flexibility index (Phi) is 6.90. The predicted octanol–water partition coefficient (Wildman–Crippen LogP) is 1.28. The molecule has 0 spiro atoms. The summed E-state index contributed by atoms with van der Waals surface area (Å²) in [6.45, 7) is 11.9. The molecule has 1 aliphatic carbocycles. The lowest BCUT2D eigenvalue weighted by molar-refractivity contribution is -0.137. The minimum Gasteiger partial charge on any atom is -0.355 e. The van der Waals surface area contributed by atoms with Crippen LogP contribution in [0.2, 0.25) is 0 Å². The monoisotopic (exact) mass is 337 g/mol. The maximum absolute atomic E-state index is 12.5. The van der Waals surface area contributed by atoms with Gasteiger partial charge >= 0.3 is 0 Å². The number of nitrogens with zero attached hydrogens (tertiary/aromatic N) is 3. The van der Waals surface area contributed by atoms with Crippen LogP contribution in [0.5, 0.6) is 0 Å². The van der Waals surface area contributed by atoms with Crippen LogP contribution >= 0.6 is 0 Å². The number of amides is 1. The number of carbonyl (C=O) groups is 1. The molecule has 2 rings (SSSR count). The quantitative estimate of drug-likeness (QED) is 0.599. The van der Waals surface area contributed by atoms with Gasteiger partial charge in [0.1, 0.15) is 0 Å². The zero-order valence-electron chi connectivity index (χ0n) is 15.9. The number of hydrogen-bond acceptors (Lipinski definition) is 3. The van der Waals surface area contributed by atoms with Gasteiger partial charge in [-0.2, -0.15) is 0 Å². The number of carbonyl (C=O) groups excluding carboxylic acids is 1. The highest BCUT2D eigenvalue weighted by atomic mass is 16.2. The number of guanidine groups is 1. The van der Waals surface area contributed by atoms with Crippen LogP contribution in [0, 0.1) is 5.92 Å². The largest absolute Gasteiger partial charge is 0.355 e. The molecule has 2 N–H and O–H groups in total. The van der Waals surface area contributed by atoms with Crippen molar-refractivity contribution in [1.82, 2.24) is 20.4 Å². The molecule has 1 saturated heterocycles. The van der Waals surface area contributed by atoms with E-state index in [1.807, 2.05) is 0 Å². The Labute approximate surface area is 147 Å². The van der Waals surface area contributed by atoms with Crippen molar-refractivity contribution in [1.29, 1.82) is 0 Å². The molecular weight excluding hydrogens is 302 g/mol. The highest BCUT2D eigenvalue weighted by Crippen LogP contribution is 2.26. The molecule has 1 aliphatic heterocycles. The molecule has 24 heavy (non-hydrogen) atoms. The summed E-state index contributed by atoms with van der Waals surface area (Å²) in [6, 6.07) is 0. The predicted molar refractivity (Wildman–Crippen MR) is 99.2 cm³/mol. The second kappa shape index (κ2) is 8.70. The molecule has 6 heteroatoms. The van der Waals surface area contributed by atoms with Gasteiger partial charge < -0.3 is 15.5 Å². The Morgan fingerprint density at radius 3 is 2.29 bits per heavy atom. The van der Waals surface area contributed by atoms with Gasteiger partial charge in [0.15, 0.2) is 5.96 Å². The zero-order valence-corrected chi connectivity index (χ0v) is 15.9. The average Bonchev–Trinajstić information content (AvgIpc) is 3.07. The summed E-state index contributed by atoms with van der Waals surface area (Å²) in [6.07, 6.45) is 4.66. The summed E-state index contributed by atoms with van der Waals surface area (Å²) in [4.78, 5) is 21.2. The molecule has 6 nitrogen and oxygen atoms in total. The van der Waals surface area contributed by atoms with Crippen molar-refractivity contribution in [3.05, 3.63) is 0 Å². The van der Waals surface area contributed by atoms with Crippen LogP contribution in [-0.2, 0) is 4.79 Å². The smallest absolute Gasteiger partial charge is 0.225 e. The molecule has 0 bridgehead atoms. The Morgan fingerprint density at radius 2 is 1.75 bits per heavy atom. The number of piperazine rings is 1. The fourth-order valence-electron chi connectivity index (χ4n) is 3.49. The van der Waals surface area contributed by atoms with Gasteiger partial charge in [-0.15, -0.1) is 0 Å². The Hall–Kier alpha value is -1.30. The lowest BCUT2D eigenvalue weighted by atomic mass is 10.1. The fraction of sp³-hybridized carbons (Fsp3) is 0.889. The van der Waals surface area contributed by atoms with Crippen LogP contribution in [-0.4, -0.2) is 73.5 Å². The second-order valence-corrected chi connectivity index (χ2v) is 8.02. The van der Waals surface area contributed by atoms with E-state index in [1.165, 1.54) is 12.8 Å². The third-order valence-electron chi connectivity index (χ3n) is 4.83. The lowest BCUT2D eigenvalue weighted by Crippen LogP contribution is -2.53. The summed E-state index contributed by atoms with van der Waals surface area (Å²) in [7, 11) is 1.80. The van der Waals surface area contributed by atoms with Gasteiger partial charge in [-0.3, -0.25) is 14.7 Å². The van der Waals surface area contributed by atoms with Gasteiger partial charge in [-0.05, 0) is 33.6 Å². The van der Waals surface area contributed by atoms with Crippen LogP contribution in [0.25, 0.3) is 0 Å². The molecule has 0 aromatic carbocycles. The number of rotatable bonds is 4. The van der Waals surface area contributed by atoms with Gasteiger partial charge in [-0.25, -0.2) is 0 Å². The second-order valence-electron chi connectivity index (χ2n) is 8.02. The topological polar surface area (TPSA) is 60.0 Å². The van der Waals surface area contributed by atoms with Crippen LogP contribution in [0.15, 0.2) is 4.99 Å². The van der Waals surface area contributed by atoms with Crippen LogP contribution in [0.3, 0.4) is 0 Å². The molecule has 1 saturated carbocycles. The molecular formula is C18H35N5O. The van der Waals surface area contributed by atoms with Crippen LogP contribution in [0.4, 0.5) is 0 Å². The summed E-state index contributed by atoms with van der Waals surface area (Å²) in [5.74, 6) is 1.56. The first-order valence-electron chi connectivity index (χ1n) is 9.39. The maximum atomic E-state index is 12.5. The first kappa shape index (κ1) is 19.0. The first-order chi connectivity index (χ1) is 11.4. The number of aliphatic imine (C=N–C) groups is 1. The lowest BCUT2D eigenvalue weighted by Gasteiger charge is -2.36.